The number of hydrogen-bond acceptors (Lipinski definition) is 1. The molecule has 3 N–H and O–H groups in total. The first kappa shape index (κ1) is 19.1. The van der Waals surface area contributed by atoms with Crippen LogP contribution in [0.5, 0.6) is 0 Å². The van der Waals surface area contributed by atoms with E-state index in [0.717, 1.165) is 28.1 Å². The van der Waals surface area contributed by atoms with Gasteiger partial charge in [-0.1, -0.05) is 48.5 Å². The molecule has 0 saturated carbocycles. The molecule has 6 heteroatoms. The third kappa shape index (κ3) is 4.43. The van der Waals surface area contributed by atoms with Crippen LogP contribution in [0.25, 0.3) is 10.9 Å². The zero-order valence-electron chi connectivity index (χ0n) is 15.5. The second-order valence-electron chi connectivity index (χ2n) is 6.75. The molecule has 0 fully saturated rings. The van der Waals surface area contributed by atoms with Crippen LogP contribution in [-0.2, 0) is 0 Å². The quantitative estimate of drug-likeness (QED) is 0.379. The van der Waals surface area contributed by atoms with Crippen LogP contribution in [0.4, 0.5) is 14.5 Å². The van der Waals surface area contributed by atoms with E-state index in [9.17, 15) is 8.78 Å². The fraction of sp³-hybridized carbons (Fsp3) is 0.0870. The SMILES string of the molecule is Fc1cc(F)cc(NC(=S)NC[C@H](c2ccccc2)c2c[nH]c3ccccc23)c1. The van der Waals surface area contributed by atoms with Gasteiger partial charge in [-0.25, -0.2) is 8.78 Å². The van der Waals surface area contributed by atoms with Crippen molar-refractivity contribution in [1.82, 2.24) is 10.3 Å². The van der Waals surface area contributed by atoms with E-state index >= 15 is 0 Å². The Kier molecular flexibility index (Phi) is 5.53. The molecule has 0 spiro atoms. The van der Waals surface area contributed by atoms with E-state index < -0.39 is 11.6 Å². The predicted octanol–water partition coefficient (Wildman–Crippen LogP) is 5.56. The molecule has 4 rings (SSSR count). The first-order chi connectivity index (χ1) is 14.1. The van der Waals surface area contributed by atoms with Crippen molar-refractivity contribution in [3.05, 3.63) is 102 Å². The summed E-state index contributed by atoms with van der Waals surface area (Å²) in [6.45, 7) is 0.523. The topological polar surface area (TPSA) is 39.8 Å². The second kappa shape index (κ2) is 8.41. The Labute approximate surface area is 172 Å². The molecule has 0 aliphatic heterocycles. The van der Waals surface area contributed by atoms with Crippen LogP contribution in [0.2, 0.25) is 0 Å². The lowest BCUT2D eigenvalue weighted by Gasteiger charge is -2.19. The molecule has 1 atom stereocenters. The van der Waals surface area contributed by atoms with Crippen LogP contribution in [0, 0.1) is 11.6 Å². The third-order valence-corrected chi connectivity index (χ3v) is 5.03. The van der Waals surface area contributed by atoms with Gasteiger partial charge in [0.25, 0.3) is 0 Å². The Hall–Kier alpha value is -3.25. The summed E-state index contributed by atoms with van der Waals surface area (Å²) >= 11 is 5.34. The normalized spacial score (nSPS) is 11.9. The van der Waals surface area contributed by atoms with Gasteiger partial charge in [0.2, 0.25) is 0 Å². The standard InChI is InChI=1S/C23H19F2N3S/c24-16-10-17(25)12-18(11-16)28-23(29)27-13-20(15-6-2-1-3-7-15)21-14-26-22-9-5-4-8-19(21)22/h1-12,14,20,26H,13H2,(H2,27,28,29)/t20-/m1/s1. The van der Waals surface area contributed by atoms with E-state index in [2.05, 4.69) is 33.8 Å². The molecule has 3 nitrogen and oxygen atoms in total. The van der Waals surface area contributed by atoms with Crippen LogP contribution in [-0.4, -0.2) is 16.6 Å². The molecular weight excluding hydrogens is 388 g/mol. The molecule has 146 valence electrons. The highest BCUT2D eigenvalue weighted by Crippen LogP contribution is 2.30. The maximum atomic E-state index is 13.4. The molecule has 0 unspecified atom stereocenters. The zero-order valence-corrected chi connectivity index (χ0v) is 16.3. The summed E-state index contributed by atoms with van der Waals surface area (Å²) in [6, 6.07) is 21.5. The van der Waals surface area contributed by atoms with Crippen molar-refractivity contribution in [2.24, 2.45) is 0 Å². The summed E-state index contributed by atoms with van der Waals surface area (Å²) in [6.07, 6.45) is 2.02. The molecule has 0 saturated heterocycles. The number of halogens is 2. The fourth-order valence-electron chi connectivity index (χ4n) is 3.47. The lowest BCUT2D eigenvalue weighted by molar-refractivity contribution is 0.584. The Morgan fingerprint density at radius 3 is 2.38 bits per heavy atom. The van der Waals surface area contributed by atoms with E-state index in [1.54, 1.807) is 0 Å². The van der Waals surface area contributed by atoms with Gasteiger partial charge in [-0.15, -0.1) is 0 Å². The molecule has 3 aromatic carbocycles. The number of thiocarbonyl (C=S) groups is 1. The number of aromatic nitrogens is 1. The van der Waals surface area contributed by atoms with Crippen LogP contribution in [0.15, 0.2) is 79.0 Å². The lowest BCUT2D eigenvalue weighted by atomic mass is 9.91. The maximum Gasteiger partial charge on any atom is 0.170 e. The number of aromatic amines is 1. The second-order valence-corrected chi connectivity index (χ2v) is 7.15. The van der Waals surface area contributed by atoms with Crippen LogP contribution < -0.4 is 10.6 Å². The molecule has 29 heavy (non-hydrogen) atoms. The van der Waals surface area contributed by atoms with E-state index in [1.165, 1.54) is 12.1 Å². The largest absolute Gasteiger partial charge is 0.361 e. The summed E-state index contributed by atoms with van der Waals surface area (Å²) in [5.41, 5.74) is 3.63. The van der Waals surface area contributed by atoms with Crippen molar-refractivity contribution in [3.8, 4) is 0 Å². The number of hydrogen-bond donors (Lipinski definition) is 3. The Bertz CT molecular complexity index is 1120. The zero-order chi connectivity index (χ0) is 20.2. The monoisotopic (exact) mass is 407 g/mol. The smallest absolute Gasteiger partial charge is 0.170 e. The average Bonchev–Trinajstić information content (AvgIpc) is 3.12. The molecule has 1 aromatic heterocycles. The first-order valence-corrected chi connectivity index (χ1v) is 9.63. The summed E-state index contributed by atoms with van der Waals surface area (Å²) in [5, 5.41) is 7.48. The third-order valence-electron chi connectivity index (χ3n) is 4.79. The van der Waals surface area contributed by atoms with Crippen molar-refractivity contribution in [2.75, 3.05) is 11.9 Å². The van der Waals surface area contributed by atoms with Gasteiger partial charge in [-0.2, -0.15) is 0 Å². The van der Waals surface area contributed by atoms with Crippen molar-refractivity contribution in [2.45, 2.75) is 5.92 Å². The minimum atomic E-state index is -0.656. The number of para-hydroxylation sites is 1. The first-order valence-electron chi connectivity index (χ1n) is 9.22. The van der Waals surface area contributed by atoms with Crippen molar-refractivity contribution in [1.29, 1.82) is 0 Å². The number of rotatable bonds is 5. The highest BCUT2D eigenvalue weighted by atomic mass is 32.1. The van der Waals surface area contributed by atoms with E-state index in [-0.39, 0.29) is 11.6 Å². The van der Waals surface area contributed by atoms with Crippen molar-refractivity contribution < 1.29 is 8.78 Å². The van der Waals surface area contributed by atoms with E-state index in [0.29, 0.717) is 11.7 Å². The Balaban J connectivity index is 1.55. The fourth-order valence-corrected chi connectivity index (χ4v) is 3.67. The van der Waals surface area contributed by atoms with E-state index in [4.69, 9.17) is 12.2 Å². The maximum absolute atomic E-state index is 13.4. The number of nitrogens with one attached hydrogen (secondary N) is 3. The van der Waals surface area contributed by atoms with Gasteiger partial charge in [-0.05, 0) is 41.5 Å². The molecule has 0 bridgehead atoms. The number of benzene rings is 3. The highest BCUT2D eigenvalue weighted by molar-refractivity contribution is 7.80. The predicted molar refractivity (Wildman–Crippen MR) is 117 cm³/mol. The molecule has 0 aliphatic carbocycles. The Morgan fingerprint density at radius 1 is 0.931 bits per heavy atom. The molecule has 4 aromatic rings. The molecular formula is C23H19F2N3S. The van der Waals surface area contributed by atoms with Gasteiger partial charge < -0.3 is 15.6 Å². The lowest BCUT2D eigenvalue weighted by Crippen LogP contribution is -2.32. The number of fused-ring (bicyclic) bond motifs is 1. The van der Waals surface area contributed by atoms with Crippen LogP contribution >= 0.6 is 12.2 Å². The summed E-state index contributed by atoms with van der Waals surface area (Å²) < 4.78 is 26.8. The summed E-state index contributed by atoms with van der Waals surface area (Å²) in [4.78, 5) is 3.32. The minimum absolute atomic E-state index is 0.0383. The summed E-state index contributed by atoms with van der Waals surface area (Å²) in [5.74, 6) is -1.27. The molecule has 0 aliphatic rings. The van der Waals surface area contributed by atoms with E-state index in [1.807, 2.05) is 42.6 Å². The number of H-pyrrole nitrogens is 1. The molecule has 0 amide bonds. The molecule has 1 heterocycles. The van der Waals surface area contributed by atoms with Crippen molar-refractivity contribution in [3.63, 3.8) is 0 Å². The van der Waals surface area contributed by atoms with Gasteiger partial charge in [0.05, 0.1) is 0 Å². The van der Waals surface area contributed by atoms with Gasteiger partial charge in [0.1, 0.15) is 11.6 Å². The minimum Gasteiger partial charge on any atom is -0.361 e. The summed E-state index contributed by atoms with van der Waals surface area (Å²) in [7, 11) is 0. The van der Waals surface area contributed by atoms with Gasteiger partial charge >= 0.3 is 0 Å². The van der Waals surface area contributed by atoms with Crippen LogP contribution in [0.1, 0.15) is 17.0 Å². The molecule has 0 radical (unpaired) electrons. The Morgan fingerprint density at radius 2 is 1.62 bits per heavy atom. The van der Waals surface area contributed by atoms with Crippen LogP contribution in [0.3, 0.4) is 0 Å². The van der Waals surface area contributed by atoms with Gasteiger partial charge in [0.15, 0.2) is 5.11 Å². The average molecular weight is 407 g/mol. The van der Waals surface area contributed by atoms with Crippen molar-refractivity contribution >= 4 is 33.9 Å². The van der Waals surface area contributed by atoms with Gasteiger partial charge in [-0.3, -0.25) is 0 Å². The van der Waals surface area contributed by atoms with Gasteiger partial charge in [0, 0.05) is 41.3 Å². The number of anilines is 1. The highest BCUT2D eigenvalue weighted by Gasteiger charge is 2.18.